The molecule has 0 fully saturated rings. The molecule has 0 aliphatic rings. The smallest absolute Gasteiger partial charge is 0.323 e. The SMILES string of the molecule is CCCOc1nc(NC)nc(N(C)C(C)CCC)n1. The maximum Gasteiger partial charge on any atom is 0.323 e. The van der Waals surface area contributed by atoms with E-state index in [0.717, 1.165) is 19.3 Å². The summed E-state index contributed by atoms with van der Waals surface area (Å²) in [6.45, 7) is 7.00. The summed E-state index contributed by atoms with van der Waals surface area (Å²) in [7, 11) is 3.79. The third-order valence-electron chi connectivity index (χ3n) is 2.95. The summed E-state index contributed by atoms with van der Waals surface area (Å²) in [5.41, 5.74) is 0. The molecule has 0 saturated carbocycles. The highest BCUT2D eigenvalue weighted by Crippen LogP contribution is 2.17. The quantitative estimate of drug-likeness (QED) is 0.780. The molecule has 1 N–H and O–H groups in total. The van der Waals surface area contributed by atoms with Crippen LogP contribution in [0, 0.1) is 0 Å². The van der Waals surface area contributed by atoms with Crippen molar-refractivity contribution in [3.05, 3.63) is 0 Å². The number of anilines is 2. The van der Waals surface area contributed by atoms with Crippen LogP contribution in [0.1, 0.15) is 40.0 Å². The Morgan fingerprint density at radius 3 is 2.53 bits per heavy atom. The zero-order chi connectivity index (χ0) is 14.3. The van der Waals surface area contributed by atoms with Crippen LogP contribution in [0.4, 0.5) is 11.9 Å². The van der Waals surface area contributed by atoms with E-state index in [9.17, 15) is 0 Å². The number of nitrogens with one attached hydrogen (secondary N) is 1. The van der Waals surface area contributed by atoms with Crippen LogP contribution < -0.4 is 15.0 Å². The minimum atomic E-state index is 0.381. The summed E-state index contributed by atoms with van der Waals surface area (Å²) < 4.78 is 5.50. The van der Waals surface area contributed by atoms with E-state index in [0.29, 0.717) is 30.6 Å². The van der Waals surface area contributed by atoms with E-state index in [1.807, 2.05) is 7.05 Å². The molecular formula is C13H25N5O. The first-order valence-corrected chi connectivity index (χ1v) is 6.91. The lowest BCUT2D eigenvalue weighted by molar-refractivity contribution is 0.291. The van der Waals surface area contributed by atoms with Gasteiger partial charge in [0.05, 0.1) is 6.61 Å². The van der Waals surface area contributed by atoms with Gasteiger partial charge in [0.2, 0.25) is 11.9 Å². The Labute approximate surface area is 115 Å². The number of ether oxygens (including phenoxy) is 1. The van der Waals surface area contributed by atoms with Crippen LogP contribution in [0.2, 0.25) is 0 Å². The van der Waals surface area contributed by atoms with Crippen LogP contribution in [0.3, 0.4) is 0 Å². The van der Waals surface area contributed by atoms with Crippen LogP contribution >= 0.6 is 0 Å². The third-order valence-corrected chi connectivity index (χ3v) is 2.95. The first kappa shape index (κ1) is 15.5. The minimum Gasteiger partial charge on any atom is -0.463 e. The second-order valence-corrected chi connectivity index (χ2v) is 4.59. The molecule has 1 heterocycles. The summed E-state index contributed by atoms with van der Waals surface area (Å²) in [6, 6.07) is 0.767. The van der Waals surface area contributed by atoms with Gasteiger partial charge < -0.3 is 15.0 Å². The zero-order valence-electron chi connectivity index (χ0n) is 12.6. The molecule has 1 rings (SSSR count). The molecule has 0 aromatic carbocycles. The molecule has 0 aliphatic carbocycles. The van der Waals surface area contributed by atoms with Crippen molar-refractivity contribution in [1.82, 2.24) is 15.0 Å². The average Bonchev–Trinajstić information content (AvgIpc) is 2.44. The van der Waals surface area contributed by atoms with Crippen molar-refractivity contribution in [1.29, 1.82) is 0 Å². The Kier molecular flexibility index (Phi) is 6.32. The van der Waals surface area contributed by atoms with Gasteiger partial charge in [-0.1, -0.05) is 20.3 Å². The van der Waals surface area contributed by atoms with Gasteiger partial charge in [-0.15, -0.1) is 0 Å². The summed E-state index contributed by atoms with van der Waals surface area (Å²) in [4.78, 5) is 15.0. The lowest BCUT2D eigenvalue weighted by Crippen LogP contribution is -2.30. The predicted octanol–water partition coefficient (Wildman–Crippen LogP) is 2.33. The van der Waals surface area contributed by atoms with Crippen molar-refractivity contribution < 1.29 is 4.74 Å². The largest absolute Gasteiger partial charge is 0.463 e. The third kappa shape index (κ3) is 4.54. The summed E-state index contributed by atoms with van der Waals surface area (Å²) in [5.74, 6) is 1.18. The Morgan fingerprint density at radius 1 is 1.21 bits per heavy atom. The molecule has 6 heteroatoms. The van der Waals surface area contributed by atoms with Crippen molar-refractivity contribution in [3.63, 3.8) is 0 Å². The van der Waals surface area contributed by atoms with Gasteiger partial charge >= 0.3 is 6.01 Å². The molecule has 19 heavy (non-hydrogen) atoms. The Bertz CT molecular complexity index is 385. The molecule has 0 bridgehead atoms. The Morgan fingerprint density at radius 2 is 1.95 bits per heavy atom. The highest BCUT2D eigenvalue weighted by atomic mass is 16.5. The van der Waals surface area contributed by atoms with Crippen LogP contribution in [-0.2, 0) is 0 Å². The number of hydrogen-bond acceptors (Lipinski definition) is 6. The highest BCUT2D eigenvalue weighted by Gasteiger charge is 2.15. The van der Waals surface area contributed by atoms with Gasteiger partial charge in [0.15, 0.2) is 0 Å². The van der Waals surface area contributed by atoms with Crippen molar-refractivity contribution in [2.75, 3.05) is 30.9 Å². The Hall–Kier alpha value is -1.59. The maximum absolute atomic E-state index is 5.50. The fourth-order valence-corrected chi connectivity index (χ4v) is 1.68. The van der Waals surface area contributed by atoms with E-state index in [-0.39, 0.29) is 0 Å². The van der Waals surface area contributed by atoms with Crippen LogP contribution in [0.5, 0.6) is 6.01 Å². The molecule has 6 nitrogen and oxygen atoms in total. The predicted molar refractivity (Wildman–Crippen MR) is 77.9 cm³/mol. The molecule has 108 valence electrons. The van der Waals surface area contributed by atoms with E-state index < -0.39 is 0 Å². The van der Waals surface area contributed by atoms with Crippen LogP contribution in [0.15, 0.2) is 0 Å². The first-order chi connectivity index (χ1) is 9.12. The molecular weight excluding hydrogens is 242 g/mol. The summed E-state index contributed by atoms with van der Waals surface area (Å²) in [6.07, 6.45) is 3.16. The second kappa shape index (κ2) is 7.76. The van der Waals surface area contributed by atoms with E-state index in [4.69, 9.17) is 4.74 Å². The van der Waals surface area contributed by atoms with Crippen molar-refractivity contribution in [2.45, 2.75) is 46.1 Å². The second-order valence-electron chi connectivity index (χ2n) is 4.59. The topological polar surface area (TPSA) is 63.2 Å². The first-order valence-electron chi connectivity index (χ1n) is 6.91. The lowest BCUT2D eigenvalue weighted by Gasteiger charge is -2.24. The van der Waals surface area contributed by atoms with Gasteiger partial charge in [0.25, 0.3) is 0 Å². The minimum absolute atomic E-state index is 0.381. The maximum atomic E-state index is 5.50. The molecule has 1 aromatic rings. The number of nitrogens with zero attached hydrogens (tertiary/aromatic N) is 4. The number of rotatable bonds is 8. The van der Waals surface area contributed by atoms with E-state index in [1.54, 1.807) is 7.05 Å². The van der Waals surface area contributed by atoms with Crippen LogP contribution in [-0.4, -0.2) is 41.7 Å². The molecule has 1 aromatic heterocycles. The van der Waals surface area contributed by atoms with Gasteiger partial charge in [-0.25, -0.2) is 0 Å². The summed E-state index contributed by atoms with van der Waals surface area (Å²) >= 11 is 0. The molecule has 0 amide bonds. The van der Waals surface area contributed by atoms with Gasteiger partial charge in [-0.3, -0.25) is 0 Å². The van der Waals surface area contributed by atoms with Crippen molar-refractivity contribution in [3.8, 4) is 6.01 Å². The summed E-state index contributed by atoms with van der Waals surface area (Å²) in [5, 5.41) is 2.94. The molecule has 0 radical (unpaired) electrons. The van der Waals surface area contributed by atoms with E-state index in [1.165, 1.54) is 0 Å². The van der Waals surface area contributed by atoms with Gasteiger partial charge in [-0.05, 0) is 19.8 Å². The zero-order valence-corrected chi connectivity index (χ0v) is 12.6. The fraction of sp³-hybridized carbons (Fsp3) is 0.769. The average molecular weight is 267 g/mol. The molecule has 0 saturated heterocycles. The Balaban J connectivity index is 2.91. The monoisotopic (exact) mass is 267 g/mol. The van der Waals surface area contributed by atoms with Gasteiger partial charge in [0.1, 0.15) is 0 Å². The van der Waals surface area contributed by atoms with Gasteiger partial charge in [0, 0.05) is 20.1 Å². The normalized spacial score (nSPS) is 12.1. The van der Waals surface area contributed by atoms with Crippen LogP contribution in [0.25, 0.3) is 0 Å². The fourth-order valence-electron chi connectivity index (χ4n) is 1.68. The molecule has 0 aliphatic heterocycles. The highest BCUT2D eigenvalue weighted by molar-refractivity contribution is 5.38. The molecule has 0 spiro atoms. The van der Waals surface area contributed by atoms with Crippen molar-refractivity contribution >= 4 is 11.9 Å². The standard InChI is InChI=1S/C13H25N5O/c1-6-8-10(3)18(5)12-15-11(14-4)16-13(17-12)19-9-7-2/h10H,6-9H2,1-5H3,(H,14,15,16,17). The van der Waals surface area contributed by atoms with Gasteiger partial charge in [-0.2, -0.15) is 15.0 Å². The van der Waals surface area contributed by atoms with Crippen molar-refractivity contribution in [2.24, 2.45) is 0 Å². The number of hydrogen-bond donors (Lipinski definition) is 1. The number of aromatic nitrogens is 3. The lowest BCUT2D eigenvalue weighted by atomic mass is 10.2. The van der Waals surface area contributed by atoms with E-state index in [2.05, 4.69) is 45.9 Å². The molecule has 1 unspecified atom stereocenters. The van der Waals surface area contributed by atoms with E-state index >= 15 is 0 Å². The molecule has 1 atom stereocenters.